The molecule has 1 aliphatic rings. The molecule has 0 saturated carbocycles. The van der Waals surface area contributed by atoms with Crippen molar-refractivity contribution >= 4 is 29.2 Å². The fourth-order valence-corrected chi connectivity index (χ4v) is 3.22. The maximum atomic E-state index is 10.4. The highest BCUT2D eigenvalue weighted by Crippen LogP contribution is 2.46. The van der Waals surface area contributed by atoms with E-state index in [-0.39, 0.29) is 10.6 Å². The molecular formula is C9H7NO2S2. The van der Waals surface area contributed by atoms with Gasteiger partial charge in [0, 0.05) is 12.1 Å². The third kappa shape index (κ3) is 1.93. The van der Waals surface area contributed by atoms with Gasteiger partial charge >= 0.3 is 0 Å². The highest BCUT2D eigenvalue weighted by Gasteiger charge is 2.15. The largest absolute Gasteiger partial charge is 0.269 e. The van der Waals surface area contributed by atoms with E-state index in [9.17, 15) is 10.1 Å². The zero-order chi connectivity index (χ0) is 9.97. The van der Waals surface area contributed by atoms with Crippen molar-refractivity contribution in [2.45, 2.75) is 4.58 Å². The van der Waals surface area contributed by atoms with Crippen molar-refractivity contribution in [3.05, 3.63) is 50.8 Å². The predicted octanol–water partition coefficient (Wildman–Crippen LogP) is 3.54. The van der Waals surface area contributed by atoms with Crippen molar-refractivity contribution in [3.63, 3.8) is 0 Å². The highest BCUT2D eigenvalue weighted by atomic mass is 32.2. The van der Waals surface area contributed by atoms with E-state index in [1.807, 2.05) is 22.9 Å². The van der Waals surface area contributed by atoms with Crippen LogP contribution in [0.5, 0.6) is 0 Å². The first-order chi connectivity index (χ1) is 6.77. The summed E-state index contributed by atoms with van der Waals surface area (Å²) in [7, 11) is 0. The molecule has 1 aromatic rings. The quantitative estimate of drug-likeness (QED) is 0.570. The van der Waals surface area contributed by atoms with E-state index in [1.54, 1.807) is 35.7 Å². The van der Waals surface area contributed by atoms with Gasteiger partial charge in [-0.05, 0) is 16.4 Å². The average molecular weight is 225 g/mol. The van der Waals surface area contributed by atoms with Gasteiger partial charge in [-0.25, -0.2) is 0 Å². The van der Waals surface area contributed by atoms with E-state index in [1.165, 1.54) is 0 Å². The number of hydrogen-bond donors (Lipinski definition) is 0. The monoisotopic (exact) mass is 225 g/mol. The summed E-state index contributed by atoms with van der Waals surface area (Å²) >= 11 is 3.44. The molecule has 72 valence electrons. The van der Waals surface area contributed by atoms with E-state index in [4.69, 9.17) is 0 Å². The molecule has 1 heterocycles. The zero-order valence-electron chi connectivity index (χ0n) is 7.12. The second-order valence-corrected chi connectivity index (χ2v) is 5.05. The second-order valence-electron chi connectivity index (χ2n) is 2.72. The van der Waals surface area contributed by atoms with Crippen molar-refractivity contribution in [2.75, 3.05) is 0 Å². The van der Waals surface area contributed by atoms with Crippen molar-refractivity contribution in [1.82, 2.24) is 0 Å². The van der Waals surface area contributed by atoms with Gasteiger partial charge in [0.2, 0.25) is 0 Å². The van der Waals surface area contributed by atoms with E-state index in [2.05, 4.69) is 0 Å². The van der Waals surface area contributed by atoms with Gasteiger partial charge in [0.15, 0.2) is 0 Å². The number of rotatable bonds is 2. The summed E-state index contributed by atoms with van der Waals surface area (Å²) in [6, 6.07) is 6.73. The molecule has 14 heavy (non-hydrogen) atoms. The summed E-state index contributed by atoms with van der Waals surface area (Å²) in [6.45, 7) is 0. The Morgan fingerprint density at radius 2 is 1.71 bits per heavy atom. The van der Waals surface area contributed by atoms with Crippen LogP contribution < -0.4 is 0 Å². The lowest BCUT2D eigenvalue weighted by atomic mass is 10.2. The fraction of sp³-hybridized carbons (Fsp3) is 0.111. The van der Waals surface area contributed by atoms with Gasteiger partial charge in [-0.2, -0.15) is 0 Å². The first-order valence-electron chi connectivity index (χ1n) is 3.97. The van der Waals surface area contributed by atoms with Crippen LogP contribution >= 0.6 is 23.5 Å². The van der Waals surface area contributed by atoms with Crippen LogP contribution in [0.4, 0.5) is 5.69 Å². The highest BCUT2D eigenvalue weighted by molar-refractivity contribution is 8.21. The third-order valence-corrected chi connectivity index (χ3v) is 4.30. The number of benzene rings is 1. The molecule has 0 spiro atoms. The van der Waals surface area contributed by atoms with E-state index < -0.39 is 0 Å². The molecule has 0 unspecified atom stereocenters. The summed E-state index contributed by atoms with van der Waals surface area (Å²) in [5.74, 6) is 0. The van der Waals surface area contributed by atoms with Crippen LogP contribution in [-0.4, -0.2) is 4.92 Å². The van der Waals surface area contributed by atoms with Crippen LogP contribution in [0.1, 0.15) is 10.1 Å². The predicted molar refractivity (Wildman–Crippen MR) is 60.2 cm³/mol. The Morgan fingerprint density at radius 1 is 1.14 bits per heavy atom. The number of nitro benzene ring substituents is 1. The van der Waals surface area contributed by atoms with E-state index in [0.717, 1.165) is 5.56 Å². The summed E-state index contributed by atoms with van der Waals surface area (Å²) in [4.78, 5) is 10.0. The fourth-order valence-electron chi connectivity index (χ4n) is 1.15. The normalized spacial score (nSPS) is 16.0. The summed E-state index contributed by atoms with van der Waals surface area (Å²) < 4.78 is 0.357. The number of nitrogens with zero attached hydrogens (tertiary/aromatic N) is 1. The Balaban J connectivity index is 2.17. The van der Waals surface area contributed by atoms with E-state index >= 15 is 0 Å². The molecule has 0 amide bonds. The van der Waals surface area contributed by atoms with Crippen molar-refractivity contribution in [2.24, 2.45) is 0 Å². The van der Waals surface area contributed by atoms with Crippen LogP contribution in [0, 0.1) is 10.1 Å². The molecule has 2 rings (SSSR count). The maximum Gasteiger partial charge on any atom is 0.269 e. The minimum Gasteiger partial charge on any atom is -0.258 e. The minimum absolute atomic E-state index is 0.148. The Labute approximate surface area is 89.7 Å². The number of hydrogen-bond acceptors (Lipinski definition) is 4. The van der Waals surface area contributed by atoms with Gasteiger partial charge in [-0.3, -0.25) is 10.1 Å². The number of non-ortho nitro benzene ring substituents is 1. The second kappa shape index (κ2) is 4.06. The molecule has 0 aliphatic carbocycles. The van der Waals surface area contributed by atoms with Crippen LogP contribution in [0.15, 0.2) is 35.1 Å². The van der Waals surface area contributed by atoms with Crippen LogP contribution in [0.3, 0.4) is 0 Å². The molecule has 3 nitrogen and oxygen atoms in total. The topological polar surface area (TPSA) is 43.1 Å². The smallest absolute Gasteiger partial charge is 0.258 e. The Hall–Kier alpha value is -0.940. The van der Waals surface area contributed by atoms with Gasteiger partial charge in [-0.15, -0.1) is 23.5 Å². The van der Waals surface area contributed by atoms with Crippen LogP contribution in [0.2, 0.25) is 0 Å². The van der Waals surface area contributed by atoms with Crippen LogP contribution in [0.25, 0.3) is 0 Å². The first kappa shape index (κ1) is 9.61. The maximum absolute atomic E-state index is 10.4. The minimum atomic E-state index is -0.378. The van der Waals surface area contributed by atoms with Crippen molar-refractivity contribution in [3.8, 4) is 0 Å². The molecule has 0 fully saturated rings. The third-order valence-electron chi connectivity index (χ3n) is 1.84. The van der Waals surface area contributed by atoms with Gasteiger partial charge in [-0.1, -0.05) is 12.1 Å². The van der Waals surface area contributed by atoms with Gasteiger partial charge in [0.05, 0.1) is 9.51 Å². The van der Waals surface area contributed by atoms with Crippen molar-refractivity contribution < 1.29 is 4.92 Å². The Bertz CT molecular complexity index is 367. The zero-order valence-corrected chi connectivity index (χ0v) is 8.75. The SMILES string of the molecule is O=[N+]([O-])c1ccc(C2SC=CS2)cc1. The first-order valence-corrected chi connectivity index (χ1v) is 5.86. The molecule has 0 bridgehead atoms. The molecule has 0 radical (unpaired) electrons. The standard InChI is InChI=1S/C9H7NO2S2/c11-10(12)8-3-1-7(2-4-8)9-13-5-6-14-9/h1-6,9H. The lowest BCUT2D eigenvalue weighted by molar-refractivity contribution is -0.384. The lowest BCUT2D eigenvalue weighted by Crippen LogP contribution is -1.89. The molecule has 1 aromatic carbocycles. The molecular weight excluding hydrogens is 218 g/mol. The molecule has 0 aromatic heterocycles. The summed E-state index contributed by atoms with van der Waals surface area (Å²) in [5, 5.41) is 14.5. The van der Waals surface area contributed by atoms with Crippen LogP contribution in [-0.2, 0) is 0 Å². The molecule has 0 N–H and O–H groups in total. The number of thioether (sulfide) groups is 2. The summed E-state index contributed by atoms with van der Waals surface area (Å²) in [5.41, 5.74) is 1.27. The lowest BCUT2D eigenvalue weighted by Gasteiger charge is -2.06. The molecule has 5 heteroatoms. The average Bonchev–Trinajstić information content (AvgIpc) is 2.71. The number of nitro groups is 1. The molecule has 0 saturated heterocycles. The van der Waals surface area contributed by atoms with Gasteiger partial charge in [0.1, 0.15) is 0 Å². The summed E-state index contributed by atoms with van der Waals surface area (Å²) in [6.07, 6.45) is 0. The molecule has 0 atom stereocenters. The van der Waals surface area contributed by atoms with Crippen molar-refractivity contribution in [1.29, 1.82) is 0 Å². The molecule has 1 aliphatic heterocycles. The van der Waals surface area contributed by atoms with Gasteiger partial charge < -0.3 is 0 Å². The van der Waals surface area contributed by atoms with Gasteiger partial charge in [0.25, 0.3) is 5.69 Å². The van der Waals surface area contributed by atoms with E-state index in [0.29, 0.717) is 4.58 Å². The Morgan fingerprint density at radius 3 is 2.21 bits per heavy atom. The Kier molecular flexibility index (Phi) is 2.79.